The number of phenols is 1. The number of nitrogens with one attached hydrogen (secondary N) is 1. The van der Waals surface area contributed by atoms with Crippen LogP contribution < -0.4 is 0 Å². The molecule has 0 spiro atoms. The Balaban J connectivity index is 2.04. The maximum absolute atomic E-state index is 13.2. The Hall–Kier alpha value is -2.83. The Morgan fingerprint density at radius 3 is 2.89 bits per heavy atom. The van der Waals surface area contributed by atoms with Crippen LogP contribution in [0.3, 0.4) is 0 Å². The van der Waals surface area contributed by atoms with Crippen LogP contribution in [0.25, 0.3) is 22.9 Å². The third-order valence-corrected chi connectivity index (χ3v) is 2.49. The number of aromatic nitrogens is 5. The Morgan fingerprint density at radius 1 is 1.21 bits per heavy atom. The van der Waals surface area contributed by atoms with E-state index >= 15 is 0 Å². The van der Waals surface area contributed by atoms with Crippen LogP contribution in [0.1, 0.15) is 0 Å². The van der Waals surface area contributed by atoms with E-state index in [1.54, 1.807) is 0 Å². The minimum absolute atomic E-state index is 0.0803. The van der Waals surface area contributed by atoms with Crippen LogP contribution in [0.4, 0.5) is 4.39 Å². The molecular weight excluding hydrogens is 249 g/mol. The molecule has 3 aromatic rings. The van der Waals surface area contributed by atoms with Crippen LogP contribution >= 0.6 is 0 Å². The zero-order valence-corrected chi connectivity index (χ0v) is 9.58. The lowest BCUT2D eigenvalue weighted by molar-refractivity contribution is 0.475. The van der Waals surface area contributed by atoms with E-state index in [-0.39, 0.29) is 17.1 Å². The van der Waals surface area contributed by atoms with Crippen molar-refractivity contribution in [1.29, 1.82) is 0 Å². The number of aromatic amines is 1. The standard InChI is InChI=1S/C12H8FN5O/c13-7-1-2-10(19)8(5-7)11-16-12(18-17-11)9-6-14-3-4-15-9/h1-6,19H,(H,16,17,18). The summed E-state index contributed by atoms with van der Waals surface area (Å²) in [5, 5.41) is 16.3. The first-order chi connectivity index (χ1) is 9.24. The summed E-state index contributed by atoms with van der Waals surface area (Å²) in [7, 11) is 0. The smallest absolute Gasteiger partial charge is 0.201 e. The fourth-order valence-electron chi connectivity index (χ4n) is 1.61. The first kappa shape index (κ1) is 11.3. The quantitative estimate of drug-likeness (QED) is 0.730. The molecule has 0 fully saturated rings. The summed E-state index contributed by atoms with van der Waals surface area (Å²) in [6, 6.07) is 3.60. The number of aromatic hydroxyl groups is 1. The van der Waals surface area contributed by atoms with E-state index in [0.717, 1.165) is 0 Å². The van der Waals surface area contributed by atoms with E-state index in [9.17, 15) is 9.50 Å². The predicted octanol–water partition coefficient (Wildman–Crippen LogP) is 1.77. The number of nitrogens with zero attached hydrogens (tertiary/aromatic N) is 4. The normalized spacial score (nSPS) is 10.6. The summed E-state index contributed by atoms with van der Waals surface area (Å²) in [6.45, 7) is 0. The van der Waals surface area contributed by atoms with Crippen molar-refractivity contribution < 1.29 is 9.50 Å². The molecular formula is C12H8FN5O. The van der Waals surface area contributed by atoms with Crippen molar-refractivity contribution in [2.24, 2.45) is 0 Å². The summed E-state index contributed by atoms with van der Waals surface area (Å²) >= 11 is 0. The van der Waals surface area contributed by atoms with Crippen molar-refractivity contribution in [3.8, 4) is 28.7 Å². The molecule has 0 aliphatic heterocycles. The van der Waals surface area contributed by atoms with E-state index in [4.69, 9.17) is 0 Å². The van der Waals surface area contributed by atoms with E-state index in [2.05, 4.69) is 25.1 Å². The number of hydrogen-bond donors (Lipinski definition) is 2. The van der Waals surface area contributed by atoms with E-state index in [0.29, 0.717) is 11.5 Å². The topological polar surface area (TPSA) is 87.6 Å². The van der Waals surface area contributed by atoms with Gasteiger partial charge in [-0.05, 0) is 18.2 Å². The third-order valence-electron chi connectivity index (χ3n) is 2.49. The number of H-pyrrole nitrogens is 1. The summed E-state index contributed by atoms with van der Waals surface area (Å²) in [5.74, 6) is 0.0397. The molecule has 0 aliphatic carbocycles. The SMILES string of the molecule is Oc1ccc(F)cc1-c1nc(-c2cnccn2)n[nH]1. The van der Waals surface area contributed by atoms with Gasteiger partial charge in [0.2, 0.25) is 5.82 Å². The Morgan fingerprint density at radius 2 is 2.11 bits per heavy atom. The summed E-state index contributed by atoms with van der Waals surface area (Å²) in [6.07, 6.45) is 4.57. The molecule has 0 atom stereocenters. The monoisotopic (exact) mass is 257 g/mol. The van der Waals surface area contributed by atoms with Gasteiger partial charge in [0.05, 0.1) is 11.8 Å². The van der Waals surface area contributed by atoms with Crippen LogP contribution in [0.2, 0.25) is 0 Å². The van der Waals surface area contributed by atoms with E-state index < -0.39 is 5.82 Å². The number of benzene rings is 1. The van der Waals surface area contributed by atoms with Crippen molar-refractivity contribution in [3.05, 3.63) is 42.6 Å². The maximum Gasteiger partial charge on any atom is 0.201 e. The van der Waals surface area contributed by atoms with Crippen molar-refractivity contribution >= 4 is 0 Å². The minimum atomic E-state index is -0.467. The Bertz CT molecular complexity index is 713. The molecule has 94 valence electrons. The predicted molar refractivity (Wildman–Crippen MR) is 64.5 cm³/mol. The zero-order chi connectivity index (χ0) is 13.2. The van der Waals surface area contributed by atoms with Crippen LogP contribution in [0.5, 0.6) is 5.75 Å². The van der Waals surface area contributed by atoms with Gasteiger partial charge in [-0.1, -0.05) is 0 Å². The zero-order valence-electron chi connectivity index (χ0n) is 9.58. The van der Waals surface area contributed by atoms with Crippen LogP contribution in [0, 0.1) is 5.82 Å². The van der Waals surface area contributed by atoms with Gasteiger partial charge < -0.3 is 5.11 Å². The number of phenolic OH excluding ortho intramolecular Hbond substituents is 1. The highest BCUT2D eigenvalue weighted by Gasteiger charge is 2.12. The lowest BCUT2D eigenvalue weighted by Crippen LogP contribution is -1.86. The van der Waals surface area contributed by atoms with Gasteiger partial charge in [-0.25, -0.2) is 14.4 Å². The van der Waals surface area contributed by atoms with Gasteiger partial charge in [0.1, 0.15) is 17.3 Å². The second kappa shape index (κ2) is 4.45. The van der Waals surface area contributed by atoms with Crippen LogP contribution in [0.15, 0.2) is 36.8 Å². The molecule has 3 rings (SSSR count). The molecule has 2 N–H and O–H groups in total. The molecule has 0 aliphatic rings. The summed E-state index contributed by atoms with van der Waals surface area (Å²) < 4.78 is 13.2. The Labute approximate surface area is 107 Å². The van der Waals surface area contributed by atoms with Gasteiger partial charge in [-0.15, -0.1) is 0 Å². The molecule has 1 aromatic carbocycles. The van der Waals surface area contributed by atoms with Crippen LogP contribution in [-0.4, -0.2) is 30.3 Å². The van der Waals surface area contributed by atoms with E-state index in [1.165, 1.54) is 36.8 Å². The van der Waals surface area contributed by atoms with Gasteiger partial charge in [0.15, 0.2) is 5.82 Å². The highest BCUT2D eigenvalue weighted by atomic mass is 19.1. The van der Waals surface area contributed by atoms with Gasteiger partial charge in [-0.2, -0.15) is 5.10 Å². The van der Waals surface area contributed by atoms with Crippen molar-refractivity contribution in [3.63, 3.8) is 0 Å². The minimum Gasteiger partial charge on any atom is -0.507 e. The van der Waals surface area contributed by atoms with E-state index in [1.807, 2.05) is 0 Å². The number of rotatable bonds is 2. The molecule has 0 unspecified atom stereocenters. The van der Waals surface area contributed by atoms with Gasteiger partial charge in [-0.3, -0.25) is 10.1 Å². The van der Waals surface area contributed by atoms with Gasteiger partial charge >= 0.3 is 0 Å². The molecule has 7 heteroatoms. The highest BCUT2D eigenvalue weighted by Crippen LogP contribution is 2.27. The van der Waals surface area contributed by atoms with Crippen molar-refractivity contribution in [2.75, 3.05) is 0 Å². The largest absolute Gasteiger partial charge is 0.507 e. The number of hydrogen-bond acceptors (Lipinski definition) is 5. The molecule has 19 heavy (non-hydrogen) atoms. The molecule has 0 saturated heterocycles. The van der Waals surface area contributed by atoms with Crippen molar-refractivity contribution in [2.45, 2.75) is 0 Å². The first-order valence-electron chi connectivity index (χ1n) is 5.42. The second-order valence-electron chi connectivity index (χ2n) is 3.76. The third kappa shape index (κ3) is 2.13. The first-order valence-corrected chi connectivity index (χ1v) is 5.42. The average molecular weight is 257 g/mol. The van der Waals surface area contributed by atoms with Crippen LogP contribution in [-0.2, 0) is 0 Å². The molecule has 0 amide bonds. The molecule has 0 saturated carbocycles. The lowest BCUT2D eigenvalue weighted by Gasteiger charge is -1.99. The highest BCUT2D eigenvalue weighted by molar-refractivity contribution is 5.65. The average Bonchev–Trinajstić information content (AvgIpc) is 2.92. The lowest BCUT2D eigenvalue weighted by atomic mass is 10.2. The van der Waals surface area contributed by atoms with Gasteiger partial charge in [0.25, 0.3) is 0 Å². The number of halogens is 1. The summed E-state index contributed by atoms with van der Waals surface area (Å²) in [4.78, 5) is 12.1. The molecule has 2 aromatic heterocycles. The Kier molecular flexibility index (Phi) is 2.64. The fraction of sp³-hybridized carbons (Fsp3) is 0. The molecule has 0 bridgehead atoms. The molecule has 0 radical (unpaired) electrons. The second-order valence-corrected chi connectivity index (χ2v) is 3.76. The molecule has 6 nitrogen and oxygen atoms in total. The van der Waals surface area contributed by atoms with Gasteiger partial charge in [0, 0.05) is 12.4 Å². The summed E-state index contributed by atoms with van der Waals surface area (Å²) in [5.41, 5.74) is 0.725. The molecule has 2 heterocycles. The van der Waals surface area contributed by atoms with Crippen molar-refractivity contribution in [1.82, 2.24) is 25.1 Å². The maximum atomic E-state index is 13.2. The fourth-order valence-corrected chi connectivity index (χ4v) is 1.61.